The van der Waals surface area contributed by atoms with Crippen LogP contribution < -0.4 is 10.1 Å². The van der Waals surface area contributed by atoms with E-state index < -0.39 is 5.92 Å². The quantitative estimate of drug-likeness (QED) is 0.330. The lowest BCUT2D eigenvalue weighted by Crippen LogP contribution is -2.18. The minimum absolute atomic E-state index is 0.0268. The summed E-state index contributed by atoms with van der Waals surface area (Å²) in [6.07, 6.45) is 1.05. The lowest BCUT2D eigenvalue weighted by molar-refractivity contribution is -0.117. The number of nitrogens with one attached hydrogen (secondary N) is 2. The Kier molecular flexibility index (Phi) is 7.00. The number of phenols is 1. The first kappa shape index (κ1) is 22.7. The number of aromatic hydroxyl groups is 1. The Labute approximate surface area is 185 Å². The highest BCUT2D eigenvalue weighted by molar-refractivity contribution is 6.16. The number of ether oxygens (including phenoxy) is 1. The molecule has 164 valence electrons. The zero-order valence-corrected chi connectivity index (χ0v) is 17.8. The predicted octanol–water partition coefficient (Wildman–Crippen LogP) is 4.85. The van der Waals surface area contributed by atoms with Gasteiger partial charge in [0, 0.05) is 30.7 Å². The van der Waals surface area contributed by atoms with Gasteiger partial charge in [0.05, 0.1) is 11.6 Å². The summed E-state index contributed by atoms with van der Waals surface area (Å²) in [6.45, 7) is 2.87. The summed E-state index contributed by atoms with van der Waals surface area (Å²) < 4.78 is 5.91. The monoisotopic (exact) mass is 432 g/mol. The lowest BCUT2D eigenvalue weighted by Gasteiger charge is -2.16. The summed E-state index contributed by atoms with van der Waals surface area (Å²) in [6, 6.07) is 15.3. The number of carbonyl (C=O) groups is 3. The van der Waals surface area contributed by atoms with Crippen LogP contribution in [-0.4, -0.2) is 28.8 Å². The van der Waals surface area contributed by atoms with Crippen LogP contribution in [0.3, 0.4) is 0 Å². The van der Waals surface area contributed by atoms with E-state index in [9.17, 15) is 19.5 Å². The predicted molar refractivity (Wildman–Crippen MR) is 123 cm³/mol. The van der Waals surface area contributed by atoms with Crippen LogP contribution in [0.25, 0.3) is 10.8 Å². The number of hydrogen-bond donors (Lipinski definition) is 3. The highest BCUT2D eigenvalue weighted by Gasteiger charge is 2.21. The van der Waals surface area contributed by atoms with E-state index in [0.29, 0.717) is 34.2 Å². The van der Waals surface area contributed by atoms with Crippen molar-refractivity contribution in [2.45, 2.75) is 26.7 Å². The standard InChI is InChI=1S/C25H24N2O5/c1-15(29)6-7-18(14-28)25(26)24-22-10-9-21(12-17(22)8-11-23(24)31)32-20-5-3-4-19(13-20)27-16(2)30/h3-5,8-14,18,26,31H,6-7H2,1-2H3,(H,27,30). The van der Waals surface area contributed by atoms with Gasteiger partial charge in [0.2, 0.25) is 5.91 Å². The Morgan fingerprint density at radius 2 is 1.84 bits per heavy atom. The molecule has 0 fully saturated rings. The molecule has 1 amide bonds. The number of fused-ring (bicyclic) bond motifs is 1. The Balaban J connectivity index is 1.91. The lowest BCUT2D eigenvalue weighted by atomic mass is 9.89. The van der Waals surface area contributed by atoms with Gasteiger partial charge in [-0.15, -0.1) is 0 Å². The molecule has 0 aliphatic heterocycles. The van der Waals surface area contributed by atoms with Gasteiger partial charge in [-0.25, -0.2) is 0 Å². The molecule has 0 aliphatic rings. The van der Waals surface area contributed by atoms with Gasteiger partial charge >= 0.3 is 0 Å². The van der Waals surface area contributed by atoms with Gasteiger partial charge in [-0.3, -0.25) is 4.79 Å². The maximum absolute atomic E-state index is 11.6. The van der Waals surface area contributed by atoms with Crippen molar-refractivity contribution in [1.82, 2.24) is 0 Å². The fourth-order valence-corrected chi connectivity index (χ4v) is 3.44. The number of phenolic OH excluding ortho intramolecular Hbond substituents is 1. The largest absolute Gasteiger partial charge is 0.507 e. The highest BCUT2D eigenvalue weighted by Crippen LogP contribution is 2.33. The number of rotatable bonds is 9. The van der Waals surface area contributed by atoms with E-state index in [1.54, 1.807) is 48.5 Å². The van der Waals surface area contributed by atoms with E-state index in [1.807, 2.05) is 0 Å². The van der Waals surface area contributed by atoms with E-state index in [0.717, 1.165) is 0 Å². The molecule has 7 heteroatoms. The number of hydrogen-bond acceptors (Lipinski definition) is 6. The molecular formula is C25H24N2O5. The summed E-state index contributed by atoms with van der Waals surface area (Å²) in [5.74, 6) is -0.0656. The van der Waals surface area contributed by atoms with Crippen LogP contribution >= 0.6 is 0 Å². The van der Waals surface area contributed by atoms with Gasteiger partial charge in [-0.1, -0.05) is 12.1 Å². The van der Waals surface area contributed by atoms with E-state index in [1.165, 1.54) is 19.9 Å². The number of ketones is 1. The summed E-state index contributed by atoms with van der Waals surface area (Å²) in [7, 11) is 0. The van der Waals surface area contributed by atoms with Crippen LogP contribution in [0.5, 0.6) is 17.2 Å². The molecule has 1 unspecified atom stereocenters. The van der Waals surface area contributed by atoms with Crippen molar-refractivity contribution in [3.8, 4) is 17.2 Å². The number of anilines is 1. The fourth-order valence-electron chi connectivity index (χ4n) is 3.44. The van der Waals surface area contributed by atoms with E-state index in [4.69, 9.17) is 10.1 Å². The van der Waals surface area contributed by atoms with Crippen LogP contribution in [0.4, 0.5) is 5.69 Å². The molecule has 3 rings (SSSR count). The van der Waals surface area contributed by atoms with Crippen LogP contribution in [-0.2, 0) is 14.4 Å². The smallest absolute Gasteiger partial charge is 0.221 e. The first-order chi connectivity index (χ1) is 15.3. The number of carbonyl (C=O) groups excluding carboxylic acids is 3. The second-order valence-electron chi connectivity index (χ2n) is 7.55. The Morgan fingerprint density at radius 1 is 1.09 bits per heavy atom. The highest BCUT2D eigenvalue weighted by atomic mass is 16.5. The Morgan fingerprint density at radius 3 is 2.53 bits per heavy atom. The Bertz CT molecular complexity index is 1200. The van der Waals surface area contributed by atoms with Crippen LogP contribution in [0.2, 0.25) is 0 Å². The molecule has 1 atom stereocenters. The number of aldehydes is 1. The minimum Gasteiger partial charge on any atom is -0.507 e. The molecule has 0 aromatic heterocycles. The molecule has 3 aromatic rings. The second kappa shape index (κ2) is 9.87. The molecule has 3 aromatic carbocycles. The fraction of sp³-hybridized carbons (Fsp3) is 0.200. The van der Waals surface area contributed by atoms with Crippen LogP contribution in [0.1, 0.15) is 32.3 Å². The average Bonchev–Trinajstić information content (AvgIpc) is 2.73. The summed E-state index contributed by atoms with van der Waals surface area (Å²) in [5.41, 5.74) is 0.852. The van der Waals surface area contributed by atoms with Gasteiger partial charge in [0.15, 0.2) is 0 Å². The van der Waals surface area contributed by atoms with Gasteiger partial charge in [-0.2, -0.15) is 0 Å². The molecule has 0 bridgehead atoms. The molecule has 7 nitrogen and oxygen atoms in total. The molecule has 3 N–H and O–H groups in total. The average molecular weight is 432 g/mol. The van der Waals surface area contributed by atoms with Gasteiger partial charge in [-0.05, 0) is 60.5 Å². The normalized spacial score (nSPS) is 11.6. The maximum Gasteiger partial charge on any atom is 0.221 e. The molecule has 0 spiro atoms. The third-order valence-electron chi connectivity index (χ3n) is 4.97. The van der Waals surface area contributed by atoms with Crippen molar-refractivity contribution >= 4 is 40.1 Å². The first-order valence-corrected chi connectivity index (χ1v) is 10.1. The van der Waals surface area contributed by atoms with Gasteiger partial charge in [0.1, 0.15) is 29.3 Å². The third kappa shape index (κ3) is 5.37. The number of amides is 1. The molecule has 0 heterocycles. The number of benzene rings is 3. The molecule has 32 heavy (non-hydrogen) atoms. The molecule has 0 saturated heterocycles. The molecular weight excluding hydrogens is 408 g/mol. The van der Waals surface area contributed by atoms with E-state index in [-0.39, 0.29) is 41.6 Å². The summed E-state index contributed by atoms with van der Waals surface area (Å²) in [4.78, 5) is 34.1. The van der Waals surface area contributed by atoms with E-state index >= 15 is 0 Å². The van der Waals surface area contributed by atoms with Crippen LogP contribution in [0, 0.1) is 11.3 Å². The zero-order valence-electron chi connectivity index (χ0n) is 17.8. The molecule has 0 radical (unpaired) electrons. The van der Waals surface area contributed by atoms with Gasteiger partial charge in [0.25, 0.3) is 0 Å². The number of Topliss-reactive ketones (excluding diaryl/α,β-unsaturated/α-hetero) is 1. The first-order valence-electron chi connectivity index (χ1n) is 10.1. The SMILES string of the molecule is CC(=O)CCC(C=O)C(=N)c1c(O)ccc2cc(Oc3cccc(NC(C)=O)c3)ccc12. The van der Waals surface area contributed by atoms with Crippen molar-refractivity contribution < 1.29 is 24.2 Å². The summed E-state index contributed by atoms with van der Waals surface area (Å²) >= 11 is 0. The van der Waals surface area contributed by atoms with Crippen LogP contribution in [0.15, 0.2) is 54.6 Å². The molecule has 0 saturated carbocycles. The second-order valence-corrected chi connectivity index (χ2v) is 7.55. The molecule has 0 aliphatic carbocycles. The van der Waals surface area contributed by atoms with Crippen molar-refractivity contribution in [2.75, 3.05) is 5.32 Å². The maximum atomic E-state index is 11.6. The van der Waals surface area contributed by atoms with Gasteiger partial charge < -0.3 is 30.2 Å². The van der Waals surface area contributed by atoms with E-state index in [2.05, 4.69) is 5.32 Å². The topological polar surface area (TPSA) is 117 Å². The summed E-state index contributed by atoms with van der Waals surface area (Å²) in [5, 5.41) is 22.9. The van der Waals surface area contributed by atoms with Crippen molar-refractivity contribution in [2.24, 2.45) is 5.92 Å². The van der Waals surface area contributed by atoms with Crippen molar-refractivity contribution in [3.63, 3.8) is 0 Å². The third-order valence-corrected chi connectivity index (χ3v) is 4.97. The van der Waals surface area contributed by atoms with Crippen molar-refractivity contribution in [3.05, 3.63) is 60.2 Å². The minimum atomic E-state index is -0.789. The Hall–Kier alpha value is -4.00. The van der Waals surface area contributed by atoms with Crippen molar-refractivity contribution in [1.29, 1.82) is 5.41 Å². The zero-order chi connectivity index (χ0) is 23.3.